The molecule has 0 radical (unpaired) electrons. The molecule has 1 aliphatic heterocycles. The quantitative estimate of drug-likeness (QED) is 0.921. The number of rotatable bonds is 4. The largest absolute Gasteiger partial charge is 0.497 e. The molecule has 23 heavy (non-hydrogen) atoms. The van der Waals surface area contributed by atoms with Gasteiger partial charge in [-0.2, -0.15) is 0 Å². The Bertz CT molecular complexity index is 607. The standard InChI is InChI=1S/C17H24N2O4/c1-17(2,3)18-16(21)11-8-15(20)19(10-11)13-9-12(22-4)6-7-14(13)23-5/h6-7,9,11H,8,10H2,1-5H3,(H,18,21)/t11-/m0/s1. The SMILES string of the molecule is COc1ccc(OC)c(N2C[C@@H](C(=O)NC(C)(C)C)CC2=O)c1. The first kappa shape index (κ1) is 17.1. The second kappa shape index (κ2) is 6.48. The Kier molecular flexibility index (Phi) is 4.82. The normalized spacial score (nSPS) is 18.0. The molecule has 0 unspecified atom stereocenters. The Hall–Kier alpha value is -2.24. The van der Waals surface area contributed by atoms with E-state index in [-0.39, 0.29) is 29.7 Å². The van der Waals surface area contributed by atoms with Gasteiger partial charge in [0.2, 0.25) is 11.8 Å². The summed E-state index contributed by atoms with van der Waals surface area (Å²) in [6.07, 6.45) is 0.197. The molecular weight excluding hydrogens is 296 g/mol. The predicted octanol–water partition coefficient (Wildman–Crippen LogP) is 1.97. The highest BCUT2D eigenvalue weighted by molar-refractivity contribution is 6.01. The molecule has 1 aromatic carbocycles. The molecule has 6 heteroatoms. The summed E-state index contributed by atoms with van der Waals surface area (Å²) < 4.78 is 10.5. The topological polar surface area (TPSA) is 67.9 Å². The van der Waals surface area contributed by atoms with E-state index in [9.17, 15) is 9.59 Å². The van der Waals surface area contributed by atoms with Gasteiger partial charge in [-0.3, -0.25) is 9.59 Å². The zero-order valence-corrected chi connectivity index (χ0v) is 14.3. The van der Waals surface area contributed by atoms with Gasteiger partial charge in [0.25, 0.3) is 0 Å². The van der Waals surface area contributed by atoms with Crippen LogP contribution in [0.5, 0.6) is 11.5 Å². The van der Waals surface area contributed by atoms with E-state index in [1.165, 1.54) is 0 Å². The summed E-state index contributed by atoms with van der Waals surface area (Å²) in [5.74, 6) is 0.658. The zero-order chi connectivity index (χ0) is 17.2. The predicted molar refractivity (Wildman–Crippen MR) is 87.9 cm³/mol. The van der Waals surface area contributed by atoms with Crippen LogP contribution in [0.3, 0.4) is 0 Å². The molecule has 1 heterocycles. The molecule has 0 aromatic heterocycles. The maximum absolute atomic E-state index is 12.4. The van der Waals surface area contributed by atoms with Gasteiger partial charge in [-0.05, 0) is 32.9 Å². The minimum absolute atomic E-state index is 0.0920. The van der Waals surface area contributed by atoms with Crippen molar-refractivity contribution in [3.8, 4) is 11.5 Å². The van der Waals surface area contributed by atoms with Crippen LogP contribution in [0.1, 0.15) is 27.2 Å². The summed E-state index contributed by atoms with van der Waals surface area (Å²) in [6.45, 7) is 6.10. The first-order chi connectivity index (χ1) is 10.7. The smallest absolute Gasteiger partial charge is 0.227 e. The lowest BCUT2D eigenvalue weighted by molar-refractivity contribution is -0.127. The fourth-order valence-corrected chi connectivity index (χ4v) is 2.60. The Labute approximate surface area is 136 Å². The molecule has 2 rings (SSSR count). The molecule has 1 aromatic rings. The third-order valence-electron chi connectivity index (χ3n) is 3.67. The fraction of sp³-hybridized carbons (Fsp3) is 0.529. The van der Waals surface area contributed by atoms with E-state index < -0.39 is 0 Å². The molecule has 1 aliphatic rings. The summed E-state index contributed by atoms with van der Waals surface area (Å²) in [4.78, 5) is 26.3. The maximum atomic E-state index is 12.4. The molecule has 0 spiro atoms. The van der Waals surface area contributed by atoms with E-state index in [4.69, 9.17) is 9.47 Å². The van der Waals surface area contributed by atoms with Gasteiger partial charge >= 0.3 is 0 Å². The van der Waals surface area contributed by atoms with Gasteiger partial charge in [-0.1, -0.05) is 0 Å². The van der Waals surface area contributed by atoms with Gasteiger partial charge in [-0.25, -0.2) is 0 Å². The fourth-order valence-electron chi connectivity index (χ4n) is 2.60. The lowest BCUT2D eigenvalue weighted by Crippen LogP contribution is -2.44. The van der Waals surface area contributed by atoms with Crippen LogP contribution in [0.2, 0.25) is 0 Å². The first-order valence-corrected chi connectivity index (χ1v) is 7.59. The Morgan fingerprint density at radius 3 is 2.52 bits per heavy atom. The summed E-state index contributed by atoms with van der Waals surface area (Å²) >= 11 is 0. The van der Waals surface area contributed by atoms with E-state index in [2.05, 4.69) is 5.32 Å². The van der Waals surface area contributed by atoms with Gasteiger partial charge in [-0.15, -0.1) is 0 Å². The van der Waals surface area contributed by atoms with Crippen molar-refractivity contribution in [1.82, 2.24) is 5.32 Å². The monoisotopic (exact) mass is 320 g/mol. The van der Waals surface area contributed by atoms with Gasteiger partial charge in [0.1, 0.15) is 11.5 Å². The van der Waals surface area contributed by atoms with E-state index in [0.717, 1.165) is 0 Å². The molecule has 0 saturated carbocycles. The van der Waals surface area contributed by atoms with Crippen LogP contribution in [-0.4, -0.2) is 38.1 Å². The average molecular weight is 320 g/mol. The molecule has 0 aliphatic carbocycles. The van der Waals surface area contributed by atoms with Crippen LogP contribution in [0.4, 0.5) is 5.69 Å². The number of ether oxygens (including phenoxy) is 2. The number of methoxy groups -OCH3 is 2. The zero-order valence-electron chi connectivity index (χ0n) is 14.3. The third kappa shape index (κ3) is 3.94. The van der Waals surface area contributed by atoms with Crippen LogP contribution < -0.4 is 19.7 Å². The second-order valence-electron chi connectivity index (χ2n) is 6.68. The van der Waals surface area contributed by atoms with Gasteiger partial charge in [0, 0.05) is 24.6 Å². The molecule has 126 valence electrons. The Morgan fingerprint density at radius 1 is 1.26 bits per heavy atom. The summed E-state index contributed by atoms with van der Waals surface area (Å²) in [7, 11) is 3.12. The molecule has 1 fully saturated rings. The highest BCUT2D eigenvalue weighted by Crippen LogP contribution is 2.36. The third-order valence-corrected chi connectivity index (χ3v) is 3.67. The Morgan fingerprint density at radius 2 is 1.96 bits per heavy atom. The summed E-state index contributed by atoms with van der Waals surface area (Å²) in [5, 5.41) is 2.93. The number of amides is 2. The highest BCUT2D eigenvalue weighted by Gasteiger charge is 2.37. The van der Waals surface area contributed by atoms with Crippen molar-refractivity contribution in [3.05, 3.63) is 18.2 Å². The molecule has 2 amide bonds. The van der Waals surface area contributed by atoms with Crippen molar-refractivity contribution in [2.75, 3.05) is 25.7 Å². The number of hydrogen-bond donors (Lipinski definition) is 1. The number of nitrogens with zero attached hydrogens (tertiary/aromatic N) is 1. The van der Waals surface area contributed by atoms with Crippen molar-refractivity contribution in [2.24, 2.45) is 5.92 Å². The van der Waals surface area contributed by atoms with E-state index in [1.54, 1.807) is 37.3 Å². The van der Waals surface area contributed by atoms with Crippen molar-refractivity contribution < 1.29 is 19.1 Å². The van der Waals surface area contributed by atoms with Crippen LogP contribution in [0.15, 0.2) is 18.2 Å². The van der Waals surface area contributed by atoms with Gasteiger partial charge in [0.15, 0.2) is 0 Å². The van der Waals surface area contributed by atoms with Gasteiger partial charge in [0.05, 0.1) is 25.8 Å². The molecule has 1 atom stereocenters. The Balaban J connectivity index is 2.22. The van der Waals surface area contributed by atoms with Crippen LogP contribution in [-0.2, 0) is 9.59 Å². The van der Waals surface area contributed by atoms with Crippen LogP contribution in [0, 0.1) is 5.92 Å². The summed E-state index contributed by atoms with van der Waals surface area (Å²) in [5.41, 5.74) is 0.309. The minimum Gasteiger partial charge on any atom is -0.497 e. The van der Waals surface area contributed by atoms with Crippen LogP contribution >= 0.6 is 0 Å². The van der Waals surface area contributed by atoms with Crippen LogP contribution in [0.25, 0.3) is 0 Å². The van der Waals surface area contributed by atoms with Crippen molar-refractivity contribution in [1.29, 1.82) is 0 Å². The number of anilines is 1. The first-order valence-electron chi connectivity index (χ1n) is 7.59. The molecule has 6 nitrogen and oxygen atoms in total. The lowest BCUT2D eigenvalue weighted by atomic mass is 10.0. The minimum atomic E-state index is -0.363. The number of carbonyl (C=O) groups excluding carboxylic acids is 2. The van der Waals surface area contributed by atoms with Crippen molar-refractivity contribution in [2.45, 2.75) is 32.7 Å². The molecule has 0 bridgehead atoms. The van der Waals surface area contributed by atoms with Gasteiger partial charge < -0.3 is 19.7 Å². The van der Waals surface area contributed by atoms with Crippen molar-refractivity contribution >= 4 is 17.5 Å². The molecular formula is C17H24N2O4. The van der Waals surface area contributed by atoms with E-state index >= 15 is 0 Å². The number of nitrogens with one attached hydrogen (secondary N) is 1. The average Bonchev–Trinajstić information content (AvgIpc) is 2.87. The highest BCUT2D eigenvalue weighted by atomic mass is 16.5. The summed E-state index contributed by atoms with van der Waals surface area (Å²) in [6, 6.07) is 5.28. The van der Waals surface area contributed by atoms with Crippen molar-refractivity contribution in [3.63, 3.8) is 0 Å². The molecule has 1 N–H and O–H groups in total. The second-order valence-corrected chi connectivity index (χ2v) is 6.68. The van der Waals surface area contributed by atoms with E-state index in [0.29, 0.717) is 23.7 Å². The number of hydrogen-bond acceptors (Lipinski definition) is 4. The number of benzene rings is 1. The van der Waals surface area contributed by atoms with E-state index in [1.807, 2.05) is 20.8 Å². The molecule has 1 saturated heterocycles. The number of carbonyl (C=O) groups is 2. The lowest BCUT2D eigenvalue weighted by Gasteiger charge is -2.23. The maximum Gasteiger partial charge on any atom is 0.227 e.